The molecule has 1 amide bonds. The van der Waals surface area contributed by atoms with E-state index in [1.807, 2.05) is 6.07 Å². The van der Waals surface area contributed by atoms with Gasteiger partial charge in [-0.1, -0.05) is 30.3 Å². The molecular formula is C15H13ClN2O3. The Bertz CT molecular complexity index is 673. The summed E-state index contributed by atoms with van der Waals surface area (Å²) in [5.74, 6) is 0.0331. The van der Waals surface area contributed by atoms with Crippen LogP contribution >= 0.6 is 11.6 Å². The smallest absolute Gasteiger partial charge is 0.274 e. The number of benzene rings is 2. The van der Waals surface area contributed by atoms with Crippen molar-refractivity contribution in [3.8, 4) is 0 Å². The molecule has 0 saturated carbocycles. The van der Waals surface area contributed by atoms with Crippen molar-refractivity contribution in [1.82, 2.24) is 5.32 Å². The second-order valence-electron chi connectivity index (χ2n) is 4.40. The van der Waals surface area contributed by atoms with Crippen molar-refractivity contribution in [3.63, 3.8) is 0 Å². The first kappa shape index (κ1) is 15.0. The van der Waals surface area contributed by atoms with Crippen LogP contribution in [0.3, 0.4) is 0 Å². The average molecular weight is 305 g/mol. The minimum atomic E-state index is -0.463. The van der Waals surface area contributed by atoms with Gasteiger partial charge in [0.1, 0.15) is 0 Å². The summed E-state index contributed by atoms with van der Waals surface area (Å²) < 4.78 is 0. The lowest BCUT2D eigenvalue weighted by molar-refractivity contribution is -0.385. The molecule has 0 aliphatic rings. The highest BCUT2D eigenvalue weighted by atomic mass is 35.5. The van der Waals surface area contributed by atoms with Crippen LogP contribution in [0.1, 0.15) is 21.5 Å². The molecule has 0 bridgehead atoms. The number of carbonyl (C=O) groups excluding carboxylic acids is 1. The topological polar surface area (TPSA) is 72.2 Å². The van der Waals surface area contributed by atoms with Gasteiger partial charge in [0.25, 0.3) is 11.6 Å². The Morgan fingerprint density at radius 2 is 1.95 bits per heavy atom. The number of hydrogen-bond donors (Lipinski definition) is 1. The van der Waals surface area contributed by atoms with Crippen molar-refractivity contribution >= 4 is 23.2 Å². The van der Waals surface area contributed by atoms with Gasteiger partial charge < -0.3 is 5.32 Å². The molecule has 0 spiro atoms. The predicted molar refractivity (Wildman–Crippen MR) is 80.3 cm³/mol. The van der Waals surface area contributed by atoms with E-state index < -0.39 is 4.92 Å². The number of nitrogens with zero attached hydrogens (tertiary/aromatic N) is 1. The predicted octanol–water partition coefficient (Wildman–Crippen LogP) is 3.26. The largest absolute Gasteiger partial charge is 0.348 e. The van der Waals surface area contributed by atoms with Gasteiger partial charge in [0, 0.05) is 29.6 Å². The summed E-state index contributed by atoms with van der Waals surface area (Å²) in [6.45, 7) is 0.0983. The van der Waals surface area contributed by atoms with E-state index in [-0.39, 0.29) is 18.1 Å². The van der Waals surface area contributed by atoms with Crippen LogP contribution in [0.25, 0.3) is 0 Å². The van der Waals surface area contributed by atoms with E-state index >= 15 is 0 Å². The first-order valence-corrected chi connectivity index (χ1v) is 6.80. The maximum Gasteiger partial charge on any atom is 0.274 e. The Morgan fingerprint density at radius 1 is 1.19 bits per heavy atom. The van der Waals surface area contributed by atoms with Gasteiger partial charge in [-0.05, 0) is 17.7 Å². The number of nitro groups is 1. The monoisotopic (exact) mass is 304 g/mol. The highest BCUT2D eigenvalue weighted by molar-refractivity contribution is 6.17. The molecular weight excluding hydrogens is 292 g/mol. The zero-order valence-electron chi connectivity index (χ0n) is 11.1. The summed E-state index contributed by atoms with van der Waals surface area (Å²) in [6.07, 6.45) is 0. The average Bonchev–Trinajstić information content (AvgIpc) is 2.52. The molecule has 2 rings (SSSR count). The van der Waals surface area contributed by atoms with Crippen LogP contribution in [-0.4, -0.2) is 10.8 Å². The van der Waals surface area contributed by atoms with E-state index in [1.165, 1.54) is 6.07 Å². The minimum absolute atomic E-state index is 0.00712. The zero-order chi connectivity index (χ0) is 15.2. The molecule has 0 aliphatic carbocycles. The Hall–Kier alpha value is -2.40. The summed E-state index contributed by atoms with van der Waals surface area (Å²) in [5, 5.41) is 13.6. The summed E-state index contributed by atoms with van der Waals surface area (Å²) in [4.78, 5) is 22.5. The molecule has 2 aromatic rings. The summed E-state index contributed by atoms with van der Waals surface area (Å²) in [5.41, 5.74) is 1.78. The van der Waals surface area contributed by atoms with E-state index in [4.69, 9.17) is 11.6 Å². The molecule has 2 aromatic carbocycles. The van der Waals surface area contributed by atoms with Crippen LogP contribution in [0.5, 0.6) is 0 Å². The normalized spacial score (nSPS) is 10.1. The van der Waals surface area contributed by atoms with Crippen molar-refractivity contribution in [2.45, 2.75) is 12.4 Å². The summed E-state index contributed by atoms with van der Waals surface area (Å²) in [6, 6.07) is 13.3. The Morgan fingerprint density at radius 3 is 2.67 bits per heavy atom. The summed E-state index contributed by atoms with van der Waals surface area (Å²) >= 11 is 5.73. The molecule has 0 aromatic heterocycles. The molecule has 0 saturated heterocycles. The molecule has 0 radical (unpaired) electrons. The number of hydrogen-bond acceptors (Lipinski definition) is 3. The Kier molecular flexibility index (Phi) is 4.90. The Balaban J connectivity index is 2.09. The van der Waals surface area contributed by atoms with E-state index in [0.29, 0.717) is 17.0 Å². The van der Waals surface area contributed by atoms with E-state index in [2.05, 4.69) is 5.32 Å². The SMILES string of the molecule is O=C(NCc1ccccc1[N+](=O)[O-])c1cccc(CCl)c1. The number of halogens is 1. The molecule has 0 fully saturated rings. The first-order chi connectivity index (χ1) is 10.1. The highest BCUT2D eigenvalue weighted by Gasteiger charge is 2.13. The van der Waals surface area contributed by atoms with Gasteiger partial charge in [-0.2, -0.15) is 0 Å². The molecule has 0 atom stereocenters. The van der Waals surface area contributed by atoms with Gasteiger partial charge in [-0.3, -0.25) is 14.9 Å². The number of carbonyl (C=O) groups is 1. The van der Waals surface area contributed by atoms with E-state index in [9.17, 15) is 14.9 Å². The van der Waals surface area contributed by atoms with Gasteiger partial charge in [0.05, 0.1) is 4.92 Å². The maximum atomic E-state index is 12.0. The second kappa shape index (κ2) is 6.85. The number of nitrogens with one attached hydrogen (secondary N) is 1. The number of para-hydroxylation sites is 1. The Labute approximate surface area is 126 Å². The fraction of sp³-hybridized carbons (Fsp3) is 0.133. The minimum Gasteiger partial charge on any atom is -0.348 e. The van der Waals surface area contributed by atoms with Crippen molar-refractivity contribution in [2.24, 2.45) is 0 Å². The third-order valence-corrected chi connectivity index (χ3v) is 3.28. The van der Waals surface area contributed by atoms with Crippen LogP contribution in [0.15, 0.2) is 48.5 Å². The third-order valence-electron chi connectivity index (χ3n) is 2.97. The second-order valence-corrected chi connectivity index (χ2v) is 4.67. The lowest BCUT2D eigenvalue weighted by atomic mass is 10.1. The molecule has 5 nitrogen and oxygen atoms in total. The van der Waals surface area contributed by atoms with Crippen LogP contribution in [0, 0.1) is 10.1 Å². The van der Waals surface area contributed by atoms with Gasteiger partial charge in [0.2, 0.25) is 0 Å². The summed E-state index contributed by atoms with van der Waals surface area (Å²) in [7, 11) is 0. The molecule has 0 heterocycles. The fourth-order valence-corrected chi connectivity index (χ4v) is 2.08. The van der Waals surface area contributed by atoms with Gasteiger partial charge in [-0.15, -0.1) is 11.6 Å². The van der Waals surface area contributed by atoms with Crippen LogP contribution in [0.4, 0.5) is 5.69 Å². The van der Waals surface area contributed by atoms with Crippen LogP contribution in [-0.2, 0) is 12.4 Å². The number of amides is 1. The number of rotatable bonds is 5. The molecule has 1 N–H and O–H groups in total. The lowest BCUT2D eigenvalue weighted by Gasteiger charge is -2.07. The van der Waals surface area contributed by atoms with Crippen molar-refractivity contribution in [1.29, 1.82) is 0 Å². The lowest BCUT2D eigenvalue weighted by Crippen LogP contribution is -2.23. The standard InChI is InChI=1S/C15H13ClN2O3/c16-9-11-4-3-6-12(8-11)15(19)17-10-13-5-1-2-7-14(13)18(20)21/h1-8H,9-10H2,(H,17,19). The molecule has 21 heavy (non-hydrogen) atoms. The van der Waals surface area contributed by atoms with Crippen LogP contribution < -0.4 is 5.32 Å². The van der Waals surface area contributed by atoms with Gasteiger partial charge in [0.15, 0.2) is 0 Å². The number of alkyl halides is 1. The van der Waals surface area contributed by atoms with Gasteiger partial charge >= 0.3 is 0 Å². The third kappa shape index (κ3) is 3.79. The van der Waals surface area contributed by atoms with Gasteiger partial charge in [-0.25, -0.2) is 0 Å². The van der Waals surface area contributed by atoms with Crippen molar-refractivity contribution in [2.75, 3.05) is 0 Å². The van der Waals surface area contributed by atoms with Crippen molar-refractivity contribution in [3.05, 3.63) is 75.3 Å². The molecule has 0 unspecified atom stereocenters. The fourth-order valence-electron chi connectivity index (χ4n) is 1.91. The highest BCUT2D eigenvalue weighted by Crippen LogP contribution is 2.17. The zero-order valence-corrected chi connectivity index (χ0v) is 11.8. The number of nitro benzene ring substituents is 1. The van der Waals surface area contributed by atoms with E-state index in [0.717, 1.165) is 5.56 Å². The first-order valence-electron chi connectivity index (χ1n) is 6.27. The molecule has 0 aliphatic heterocycles. The molecule has 6 heteroatoms. The van der Waals surface area contributed by atoms with E-state index in [1.54, 1.807) is 36.4 Å². The molecule has 108 valence electrons. The van der Waals surface area contributed by atoms with Crippen molar-refractivity contribution < 1.29 is 9.72 Å². The quantitative estimate of drug-likeness (QED) is 0.523. The maximum absolute atomic E-state index is 12.0. The van der Waals surface area contributed by atoms with Crippen LogP contribution in [0.2, 0.25) is 0 Å².